The highest BCUT2D eigenvalue weighted by Crippen LogP contribution is 2.17. The lowest BCUT2D eigenvalue weighted by atomic mass is 10.2. The monoisotopic (exact) mass is 248 g/mol. The summed E-state index contributed by atoms with van der Waals surface area (Å²) in [6.45, 7) is 11.7. The Balaban J connectivity index is 2.72. The standard InChI is InChI=1S/C15H24N2O/c1-11(2)8-9-18-15-7-6-13(5)17-14(15)10-16-12(3)4/h6-8,12,16H,9-10H2,1-5H3. The van der Waals surface area contributed by atoms with Crippen LogP contribution in [0.5, 0.6) is 5.75 Å². The second-order valence-corrected chi connectivity index (χ2v) is 5.03. The van der Waals surface area contributed by atoms with Crippen LogP contribution in [0.4, 0.5) is 0 Å². The number of aromatic nitrogens is 1. The number of ether oxygens (including phenoxy) is 1. The quantitative estimate of drug-likeness (QED) is 0.785. The molecule has 1 aromatic rings. The van der Waals surface area contributed by atoms with E-state index in [1.165, 1.54) is 5.57 Å². The maximum atomic E-state index is 5.76. The second-order valence-electron chi connectivity index (χ2n) is 5.03. The van der Waals surface area contributed by atoms with E-state index in [-0.39, 0.29) is 0 Å². The van der Waals surface area contributed by atoms with E-state index >= 15 is 0 Å². The van der Waals surface area contributed by atoms with Gasteiger partial charge in [0, 0.05) is 18.3 Å². The maximum absolute atomic E-state index is 5.76. The molecule has 3 heteroatoms. The smallest absolute Gasteiger partial charge is 0.142 e. The minimum absolute atomic E-state index is 0.443. The molecule has 0 spiro atoms. The molecule has 0 saturated carbocycles. The van der Waals surface area contributed by atoms with Crippen LogP contribution in [0, 0.1) is 6.92 Å². The van der Waals surface area contributed by atoms with E-state index in [9.17, 15) is 0 Å². The Morgan fingerprint density at radius 2 is 2.11 bits per heavy atom. The third-order valence-corrected chi connectivity index (χ3v) is 2.48. The first-order valence-electron chi connectivity index (χ1n) is 6.45. The molecule has 1 aromatic heterocycles. The molecule has 0 atom stereocenters. The third kappa shape index (κ3) is 5.32. The maximum Gasteiger partial charge on any atom is 0.142 e. The van der Waals surface area contributed by atoms with Crippen LogP contribution in [0.15, 0.2) is 23.8 Å². The Hall–Kier alpha value is -1.35. The average Bonchev–Trinajstić information content (AvgIpc) is 2.28. The summed E-state index contributed by atoms with van der Waals surface area (Å²) in [4.78, 5) is 4.53. The van der Waals surface area contributed by atoms with Gasteiger partial charge in [0.15, 0.2) is 0 Å². The Morgan fingerprint density at radius 1 is 1.39 bits per heavy atom. The third-order valence-electron chi connectivity index (χ3n) is 2.48. The van der Waals surface area contributed by atoms with Crippen LogP contribution in [-0.2, 0) is 6.54 Å². The molecular weight excluding hydrogens is 224 g/mol. The van der Waals surface area contributed by atoms with Gasteiger partial charge >= 0.3 is 0 Å². The number of nitrogens with one attached hydrogen (secondary N) is 1. The lowest BCUT2D eigenvalue weighted by Crippen LogP contribution is -2.23. The Labute approximate surface area is 110 Å². The predicted molar refractivity (Wildman–Crippen MR) is 75.9 cm³/mol. The Bertz CT molecular complexity index is 407. The second kappa shape index (κ2) is 7.17. The van der Waals surface area contributed by atoms with Gasteiger partial charge in [0.05, 0.1) is 5.69 Å². The number of pyridine rings is 1. The van der Waals surface area contributed by atoms with Crippen molar-refractivity contribution in [2.24, 2.45) is 0 Å². The molecule has 0 aliphatic rings. The first kappa shape index (κ1) is 14.7. The molecule has 1 rings (SSSR count). The summed E-state index contributed by atoms with van der Waals surface area (Å²) in [6.07, 6.45) is 2.07. The van der Waals surface area contributed by atoms with E-state index < -0.39 is 0 Å². The molecule has 0 aliphatic heterocycles. The molecule has 18 heavy (non-hydrogen) atoms. The van der Waals surface area contributed by atoms with Gasteiger partial charge < -0.3 is 10.1 Å². The number of hydrogen-bond acceptors (Lipinski definition) is 3. The van der Waals surface area contributed by atoms with Crippen LogP contribution in [-0.4, -0.2) is 17.6 Å². The first-order chi connectivity index (χ1) is 8.49. The topological polar surface area (TPSA) is 34.1 Å². The van der Waals surface area contributed by atoms with E-state index in [1.54, 1.807) is 0 Å². The van der Waals surface area contributed by atoms with E-state index in [2.05, 4.69) is 44.1 Å². The molecule has 1 heterocycles. The van der Waals surface area contributed by atoms with Crippen molar-refractivity contribution in [3.8, 4) is 5.75 Å². The minimum atomic E-state index is 0.443. The van der Waals surface area contributed by atoms with Crippen LogP contribution < -0.4 is 10.1 Å². The zero-order valence-corrected chi connectivity index (χ0v) is 12.1. The fourth-order valence-corrected chi connectivity index (χ4v) is 1.45. The van der Waals surface area contributed by atoms with Crippen molar-refractivity contribution in [3.63, 3.8) is 0 Å². The van der Waals surface area contributed by atoms with Gasteiger partial charge in [0.2, 0.25) is 0 Å². The highest BCUT2D eigenvalue weighted by molar-refractivity contribution is 5.29. The summed E-state index contributed by atoms with van der Waals surface area (Å²) in [5.74, 6) is 0.867. The minimum Gasteiger partial charge on any atom is -0.488 e. The molecule has 0 radical (unpaired) electrons. The van der Waals surface area contributed by atoms with E-state index in [0.29, 0.717) is 12.6 Å². The number of aryl methyl sites for hydroxylation is 1. The van der Waals surface area contributed by atoms with E-state index in [4.69, 9.17) is 4.74 Å². The first-order valence-corrected chi connectivity index (χ1v) is 6.45. The zero-order chi connectivity index (χ0) is 13.5. The lowest BCUT2D eigenvalue weighted by Gasteiger charge is -2.13. The number of nitrogens with zero attached hydrogens (tertiary/aromatic N) is 1. The van der Waals surface area contributed by atoms with E-state index in [1.807, 2.05) is 19.1 Å². The zero-order valence-electron chi connectivity index (χ0n) is 12.1. The highest BCUT2D eigenvalue weighted by atomic mass is 16.5. The molecule has 1 N–H and O–H groups in total. The molecule has 0 bridgehead atoms. The molecule has 0 amide bonds. The van der Waals surface area contributed by atoms with Crippen LogP contribution in [0.1, 0.15) is 39.1 Å². The van der Waals surface area contributed by atoms with Crippen molar-refractivity contribution in [2.45, 2.75) is 47.2 Å². The van der Waals surface area contributed by atoms with Gasteiger partial charge in [0.25, 0.3) is 0 Å². The molecule has 0 saturated heterocycles. The van der Waals surface area contributed by atoms with Gasteiger partial charge in [-0.05, 0) is 39.0 Å². The van der Waals surface area contributed by atoms with Gasteiger partial charge in [-0.2, -0.15) is 0 Å². The van der Waals surface area contributed by atoms with Gasteiger partial charge in [-0.1, -0.05) is 19.4 Å². The number of rotatable bonds is 6. The van der Waals surface area contributed by atoms with Crippen LogP contribution in [0.3, 0.4) is 0 Å². The SMILES string of the molecule is CC(C)=CCOc1ccc(C)nc1CNC(C)C. The largest absolute Gasteiger partial charge is 0.488 e. The highest BCUT2D eigenvalue weighted by Gasteiger charge is 2.06. The Morgan fingerprint density at radius 3 is 2.72 bits per heavy atom. The summed E-state index contributed by atoms with van der Waals surface area (Å²) >= 11 is 0. The summed E-state index contributed by atoms with van der Waals surface area (Å²) in [5.41, 5.74) is 3.26. The van der Waals surface area contributed by atoms with Crippen molar-refractivity contribution >= 4 is 0 Å². The fourth-order valence-electron chi connectivity index (χ4n) is 1.45. The van der Waals surface area contributed by atoms with Crippen molar-refractivity contribution in [1.82, 2.24) is 10.3 Å². The molecule has 0 fully saturated rings. The number of allylic oxidation sites excluding steroid dienone is 1. The normalized spacial score (nSPS) is 10.6. The van der Waals surface area contributed by atoms with Crippen LogP contribution >= 0.6 is 0 Å². The van der Waals surface area contributed by atoms with Crippen LogP contribution in [0.25, 0.3) is 0 Å². The van der Waals surface area contributed by atoms with E-state index in [0.717, 1.165) is 23.7 Å². The van der Waals surface area contributed by atoms with Gasteiger partial charge in [-0.15, -0.1) is 0 Å². The summed E-state index contributed by atoms with van der Waals surface area (Å²) in [5, 5.41) is 3.37. The lowest BCUT2D eigenvalue weighted by molar-refractivity contribution is 0.353. The van der Waals surface area contributed by atoms with Gasteiger partial charge in [-0.25, -0.2) is 0 Å². The molecule has 100 valence electrons. The fraction of sp³-hybridized carbons (Fsp3) is 0.533. The van der Waals surface area contributed by atoms with Gasteiger partial charge in [-0.3, -0.25) is 4.98 Å². The van der Waals surface area contributed by atoms with Crippen molar-refractivity contribution in [2.75, 3.05) is 6.61 Å². The average molecular weight is 248 g/mol. The summed E-state index contributed by atoms with van der Waals surface area (Å²) in [7, 11) is 0. The van der Waals surface area contributed by atoms with Gasteiger partial charge in [0.1, 0.15) is 12.4 Å². The van der Waals surface area contributed by atoms with Crippen molar-refractivity contribution in [1.29, 1.82) is 0 Å². The molecule has 0 unspecified atom stereocenters. The van der Waals surface area contributed by atoms with Crippen molar-refractivity contribution in [3.05, 3.63) is 35.2 Å². The predicted octanol–water partition coefficient (Wildman–Crippen LogP) is 3.23. The Kier molecular flexibility index (Phi) is 5.86. The molecule has 0 aliphatic carbocycles. The molecule has 0 aromatic carbocycles. The van der Waals surface area contributed by atoms with Crippen molar-refractivity contribution < 1.29 is 4.74 Å². The summed E-state index contributed by atoms with van der Waals surface area (Å²) in [6, 6.07) is 4.42. The van der Waals surface area contributed by atoms with Crippen LogP contribution in [0.2, 0.25) is 0 Å². The summed E-state index contributed by atoms with van der Waals surface area (Å²) < 4.78 is 5.76. The molecule has 3 nitrogen and oxygen atoms in total. The number of hydrogen-bond donors (Lipinski definition) is 1. The molecular formula is C15H24N2O.